The number of likely N-dealkylation sites (N-methyl/N-ethyl adjacent to an activating group) is 2. The first-order valence-corrected chi connectivity index (χ1v) is 7.69. The third kappa shape index (κ3) is 2.85. The molecule has 112 valence electrons. The molecule has 0 aliphatic carbocycles. The van der Waals surface area contributed by atoms with E-state index in [1.807, 2.05) is 5.38 Å². The Morgan fingerprint density at radius 2 is 2.29 bits per heavy atom. The molecule has 0 amide bonds. The number of carbonyl (C=O) groups is 1. The van der Waals surface area contributed by atoms with Gasteiger partial charge in [-0.3, -0.25) is 4.90 Å². The molecular formula is C14H18N4O2S. The fourth-order valence-electron chi connectivity index (χ4n) is 2.52. The number of rotatable bonds is 3. The first kappa shape index (κ1) is 14.2. The zero-order valence-corrected chi connectivity index (χ0v) is 12.9. The maximum atomic E-state index is 10.9. The maximum absolute atomic E-state index is 10.9. The minimum Gasteiger partial charge on any atom is -0.477 e. The fraction of sp³-hybridized carbons (Fsp3) is 0.429. The van der Waals surface area contributed by atoms with E-state index in [9.17, 15) is 4.79 Å². The molecule has 3 rings (SSSR count). The first-order valence-electron chi connectivity index (χ1n) is 6.81. The first-order chi connectivity index (χ1) is 10.0. The number of carboxylic acids is 1. The van der Waals surface area contributed by atoms with Gasteiger partial charge in [-0.1, -0.05) is 0 Å². The zero-order chi connectivity index (χ0) is 15.0. The Morgan fingerprint density at radius 1 is 1.48 bits per heavy atom. The molecule has 6 nitrogen and oxygen atoms in total. The molecule has 0 bridgehead atoms. The largest absolute Gasteiger partial charge is 0.477 e. The van der Waals surface area contributed by atoms with Crippen molar-refractivity contribution in [3.05, 3.63) is 28.3 Å². The van der Waals surface area contributed by atoms with Crippen molar-refractivity contribution >= 4 is 17.3 Å². The predicted molar refractivity (Wildman–Crippen MR) is 81.7 cm³/mol. The molecule has 0 spiro atoms. The monoisotopic (exact) mass is 306 g/mol. The third-order valence-electron chi connectivity index (χ3n) is 3.87. The smallest absolute Gasteiger partial charge is 0.352 e. The number of hydrogen-bond donors (Lipinski definition) is 2. The van der Waals surface area contributed by atoms with Crippen LogP contribution in [-0.4, -0.2) is 64.6 Å². The molecule has 1 atom stereocenters. The minimum absolute atomic E-state index is 0.189. The molecule has 3 heterocycles. The summed E-state index contributed by atoms with van der Waals surface area (Å²) in [6.45, 7) is 3.07. The van der Waals surface area contributed by atoms with Crippen LogP contribution >= 0.6 is 11.3 Å². The van der Waals surface area contributed by atoms with Crippen LogP contribution in [0.15, 0.2) is 17.6 Å². The van der Waals surface area contributed by atoms with Crippen molar-refractivity contribution in [3.63, 3.8) is 0 Å². The zero-order valence-electron chi connectivity index (χ0n) is 12.0. The van der Waals surface area contributed by atoms with Crippen molar-refractivity contribution in [2.45, 2.75) is 6.04 Å². The normalized spacial score (nSPS) is 20.8. The van der Waals surface area contributed by atoms with Gasteiger partial charge in [0.15, 0.2) is 0 Å². The number of carboxylic acid groups (broad SMARTS) is 1. The van der Waals surface area contributed by atoms with E-state index in [4.69, 9.17) is 10.1 Å². The van der Waals surface area contributed by atoms with E-state index in [1.165, 1.54) is 0 Å². The van der Waals surface area contributed by atoms with Gasteiger partial charge in [0.25, 0.3) is 0 Å². The van der Waals surface area contributed by atoms with Gasteiger partial charge in [0.2, 0.25) is 0 Å². The van der Waals surface area contributed by atoms with Crippen molar-refractivity contribution in [3.8, 4) is 11.3 Å². The summed E-state index contributed by atoms with van der Waals surface area (Å²) in [5, 5.41) is 12.0. The maximum Gasteiger partial charge on any atom is 0.352 e. The Kier molecular flexibility index (Phi) is 3.79. The summed E-state index contributed by atoms with van der Waals surface area (Å²) in [5.41, 5.74) is 1.84. The Labute approximate surface area is 127 Å². The van der Waals surface area contributed by atoms with Crippen LogP contribution in [0, 0.1) is 0 Å². The van der Waals surface area contributed by atoms with Crippen LogP contribution in [0.2, 0.25) is 0 Å². The Balaban J connectivity index is 1.83. The highest BCUT2D eigenvalue weighted by Gasteiger charge is 2.26. The molecule has 21 heavy (non-hydrogen) atoms. The lowest BCUT2D eigenvalue weighted by atomic mass is 10.2. The van der Waals surface area contributed by atoms with Gasteiger partial charge >= 0.3 is 5.97 Å². The molecular weight excluding hydrogens is 288 g/mol. The standard InChI is InChI=1S/C14H18N4O2S/c1-17-3-4-18(2)12(7-17)13-16-11(8-21-13)9-5-10(14(19)20)15-6-9/h5-6,8,12,15H,3-4,7H2,1-2H3,(H,19,20). The number of hydrogen-bond acceptors (Lipinski definition) is 5. The highest BCUT2D eigenvalue weighted by molar-refractivity contribution is 7.10. The average Bonchev–Trinajstić information content (AvgIpc) is 3.09. The number of nitrogens with one attached hydrogen (secondary N) is 1. The number of aromatic nitrogens is 2. The van der Waals surface area contributed by atoms with Crippen LogP contribution in [0.3, 0.4) is 0 Å². The second kappa shape index (κ2) is 5.59. The van der Waals surface area contributed by atoms with Crippen molar-refractivity contribution < 1.29 is 9.90 Å². The van der Waals surface area contributed by atoms with E-state index < -0.39 is 5.97 Å². The summed E-state index contributed by atoms with van der Waals surface area (Å²) in [5.74, 6) is -0.953. The second-order valence-electron chi connectivity index (χ2n) is 5.44. The molecule has 0 saturated carbocycles. The van der Waals surface area contributed by atoms with Gasteiger partial charge in [-0.15, -0.1) is 11.3 Å². The molecule has 0 radical (unpaired) electrons. The molecule has 1 unspecified atom stereocenters. The molecule has 1 fully saturated rings. The molecule has 1 saturated heterocycles. The number of H-pyrrole nitrogens is 1. The highest BCUT2D eigenvalue weighted by atomic mass is 32.1. The van der Waals surface area contributed by atoms with E-state index in [-0.39, 0.29) is 5.69 Å². The van der Waals surface area contributed by atoms with Crippen molar-refractivity contribution in [1.29, 1.82) is 0 Å². The van der Waals surface area contributed by atoms with Crippen LogP contribution in [0.25, 0.3) is 11.3 Å². The number of nitrogens with zero attached hydrogens (tertiary/aromatic N) is 3. The quantitative estimate of drug-likeness (QED) is 0.904. The molecule has 7 heteroatoms. The predicted octanol–water partition coefficient (Wildman–Crippen LogP) is 1.75. The molecule has 1 aliphatic heterocycles. The van der Waals surface area contributed by atoms with Crippen LogP contribution in [0.4, 0.5) is 0 Å². The SMILES string of the molecule is CN1CCN(C)C(c2nc(-c3c[nH]c(C(=O)O)c3)cs2)C1. The van der Waals surface area contributed by atoms with Gasteiger partial charge in [0, 0.05) is 36.8 Å². The minimum atomic E-state index is -0.953. The molecule has 0 aromatic carbocycles. The van der Waals surface area contributed by atoms with Crippen molar-refractivity contribution in [2.24, 2.45) is 0 Å². The van der Waals surface area contributed by atoms with Crippen LogP contribution in [-0.2, 0) is 0 Å². The van der Waals surface area contributed by atoms with E-state index >= 15 is 0 Å². The van der Waals surface area contributed by atoms with E-state index in [2.05, 4.69) is 28.9 Å². The van der Waals surface area contributed by atoms with Gasteiger partial charge < -0.3 is 15.0 Å². The lowest BCUT2D eigenvalue weighted by molar-refractivity contribution is 0.0691. The number of piperazine rings is 1. The van der Waals surface area contributed by atoms with Gasteiger partial charge in [-0.05, 0) is 20.2 Å². The average molecular weight is 306 g/mol. The second-order valence-corrected chi connectivity index (χ2v) is 6.33. The number of aromatic amines is 1. The molecule has 2 N–H and O–H groups in total. The van der Waals surface area contributed by atoms with E-state index in [1.54, 1.807) is 23.6 Å². The Hall–Kier alpha value is -1.70. The molecule has 2 aromatic heterocycles. The summed E-state index contributed by atoms with van der Waals surface area (Å²) >= 11 is 1.63. The van der Waals surface area contributed by atoms with Gasteiger partial charge in [-0.25, -0.2) is 9.78 Å². The summed E-state index contributed by atoms with van der Waals surface area (Å²) in [4.78, 5) is 23.0. The number of thiazole rings is 1. The van der Waals surface area contributed by atoms with Crippen LogP contribution in [0.5, 0.6) is 0 Å². The topological polar surface area (TPSA) is 72.5 Å². The summed E-state index contributed by atoms with van der Waals surface area (Å²) < 4.78 is 0. The lowest BCUT2D eigenvalue weighted by Crippen LogP contribution is -2.44. The lowest BCUT2D eigenvalue weighted by Gasteiger charge is -2.36. The fourth-order valence-corrected chi connectivity index (χ4v) is 3.50. The van der Waals surface area contributed by atoms with Crippen LogP contribution in [0.1, 0.15) is 21.5 Å². The van der Waals surface area contributed by atoms with Crippen molar-refractivity contribution in [2.75, 3.05) is 33.7 Å². The number of aromatic carboxylic acids is 1. The van der Waals surface area contributed by atoms with Gasteiger partial charge in [0.1, 0.15) is 10.7 Å². The van der Waals surface area contributed by atoms with Crippen molar-refractivity contribution in [1.82, 2.24) is 19.8 Å². The molecule has 2 aromatic rings. The van der Waals surface area contributed by atoms with Gasteiger partial charge in [-0.2, -0.15) is 0 Å². The summed E-state index contributed by atoms with van der Waals surface area (Å²) in [6.07, 6.45) is 1.69. The Morgan fingerprint density at radius 3 is 3.00 bits per heavy atom. The van der Waals surface area contributed by atoms with E-state index in [0.717, 1.165) is 35.9 Å². The summed E-state index contributed by atoms with van der Waals surface area (Å²) in [7, 11) is 4.25. The van der Waals surface area contributed by atoms with Crippen LogP contribution < -0.4 is 0 Å². The Bertz CT molecular complexity index is 651. The highest BCUT2D eigenvalue weighted by Crippen LogP contribution is 2.30. The summed E-state index contributed by atoms with van der Waals surface area (Å²) in [6, 6.07) is 1.93. The third-order valence-corrected chi connectivity index (χ3v) is 4.81. The van der Waals surface area contributed by atoms with E-state index in [0.29, 0.717) is 6.04 Å². The molecule has 1 aliphatic rings. The van der Waals surface area contributed by atoms with Gasteiger partial charge in [0.05, 0.1) is 11.7 Å².